The third-order valence-electron chi connectivity index (χ3n) is 5.30. The zero-order valence-corrected chi connectivity index (χ0v) is 15.9. The molecule has 1 aliphatic heterocycles. The van der Waals surface area contributed by atoms with Crippen LogP contribution in [0.5, 0.6) is 0 Å². The lowest BCUT2D eigenvalue weighted by atomic mass is 10.2. The fourth-order valence-electron chi connectivity index (χ4n) is 3.71. The van der Waals surface area contributed by atoms with Crippen molar-refractivity contribution >= 4 is 22.5 Å². The second-order valence-electron chi connectivity index (χ2n) is 7.11. The van der Waals surface area contributed by atoms with Gasteiger partial charge in [-0.1, -0.05) is 18.2 Å². The number of piperazine rings is 1. The van der Waals surface area contributed by atoms with E-state index < -0.39 is 0 Å². The van der Waals surface area contributed by atoms with E-state index in [1.54, 1.807) is 23.2 Å². The fourth-order valence-corrected chi connectivity index (χ4v) is 3.71. The summed E-state index contributed by atoms with van der Waals surface area (Å²) in [7, 11) is 0. The van der Waals surface area contributed by atoms with Crippen molar-refractivity contribution in [1.29, 1.82) is 0 Å². The second-order valence-corrected chi connectivity index (χ2v) is 7.11. The maximum Gasteiger partial charge on any atom is 0.261 e. The molecule has 7 heteroatoms. The standard InChI is InChI=1S/C22H21N5O2/c28-21-19-15-23-22(24-20(19)8-9-27(21)16-18-7-4-14-29-18)26-12-10-25(11-13-26)17-5-2-1-3-6-17/h1-9,14-15H,10-13,16H2. The summed E-state index contributed by atoms with van der Waals surface area (Å²) in [5, 5.41) is 0.519. The topological polar surface area (TPSA) is 67.4 Å². The van der Waals surface area contributed by atoms with Crippen LogP contribution in [0.2, 0.25) is 0 Å². The van der Waals surface area contributed by atoms with Crippen LogP contribution in [0, 0.1) is 0 Å². The summed E-state index contributed by atoms with van der Waals surface area (Å²) in [4.78, 5) is 26.4. The van der Waals surface area contributed by atoms with Gasteiger partial charge in [-0.05, 0) is 30.3 Å². The van der Waals surface area contributed by atoms with Gasteiger partial charge in [-0.2, -0.15) is 0 Å². The highest BCUT2D eigenvalue weighted by Gasteiger charge is 2.20. The highest BCUT2D eigenvalue weighted by atomic mass is 16.3. The number of anilines is 2. The molecule has 3 aromatic heterocycles. The molecule has 7 nitrogen and oxygen atoms in total. The van der Waals surface area contributed by atoms with Crippen LogP contribution in [-0.4, -0.2) is 40.7 Å². The lowest BCUT2D eigenvalue weighted by molar-refractivity contribution is 0.490. The zero-order valence-electron chi connectivity index (χ0n) is 15.9. The van der Waals surface area contributed by atoms with E-state index in [9.17, 15) is 4.79 Å². The molecule has 1 fully saturated rings. The van der Waals surface area contributed by atoms with Gasteiger partial charge < -0.3 is 18.8 Å². The second kappa shape index (κ2) is 7.43. The normalized spacial score (nSPS) is 14.5. The number of benzene rings is 1. The third kappa shape index (κ3) is 3.47. The largest absolute Gasteiger partial charge is 0.467 e. The first-order chi connectivity index (χ1) is 14.3. The Morgan fingerprint density at radius 3 is 2.48 bits per heavy atom. The molecule has 0 bridgehead atoms. The monoisotopic (exact) mass is 387 g/mol. The van der Waals surface area contributed by atoms with E-state index in [2.05, 4.69) is 44.0 Å². The quantitative estimate of drug-likeness (QED) is 0.536. The minimum absolute atomic E-state index is 0.112. The number of nitrogens with zero attached hydrogens (tertiary/aromatic N) is 5. The predicted octanol–water partition coefficient (Wildman–Crippen LogP) is 2.76. The SMILES string of the molecule is O=c1c2cnc(N3CCN(c4ccccc4)CC3)nc2ccn1Cc1ccco1. The molecular weight excluding hydrogens is 366 g/mol. The minimum atomic E-state index is -0.112. The van der Waals surface area contributed by atoms with Crippen molar-refractivity contribution in [2.75, 3.05) is 36.0 Å². The van der Waals surface area contributed by atoms with E-state index in [-0.39, 0.29) is 5.56 Å². The van der Waals surface area contributed by atoms with E-state index in [4.69, 9.17) is 4.42 Å². The maximum absolute atomic E-state index is 12.8. The first kappa shape index (κ1) is 17.5. The summed E-state index contributed by atoms with van der Waals surface area (Å²) in [6, 6.07) is 16.0. The molecule has 0 amide bonds. The van der Waals surface area contributed by atoms with Gasteiger partial charge in [0.25, 0.3) is 5.56 Å². The van der Waals surface area contributed by atoms with Gasteiger partial charge in [0.1, 0.15) is 5.76 Å². The van der Waals surface area contributed by atoms with Crippen LogP contribution < -0.4 is 15.4 Å². The highest BCUT2D eigenvalue weighted by Crippen LogP contribution is 2.19. The van der Waals surface area contributed by atoms with E-state index in [0.29, 0.717) is 23.4 Å². The number of furan rings is 1. The summed E-state index contributed by atoms with van der Waals surface area (Å²) in [6.45, 7) is 3.91. The van der Waals surface area contributed by atoms with Crippen molar-refractivity contribution in [1.82, 2.24) is 14.5 Å². The van der Waals surface area contributed by atoms with Crippen LogP contribution in [0.3, 0.4) is 0 Å². The number of aromatic nitrogens is 3. The Morgan fingerprint density at radius 1 is 0.931 bits per heavy atom. The fraction of sp³-hybridized carbons (Fsp3) is 0.227. The summed E-state index contributed by atoms with van der Waals surface area (Å²) in [5.41, 5.74) is 1.80. The van der Waals surface area contributed by atoms with E-state index in [1.807, 2.05) is 24.3 Å². The van der Waals surface area contributed by atoms with Gasteiger partial charge in [-0.3, -0.25) is 4.79 Å². The van der Waals surface area contributed by atoms with Gasteiger partial charge in [-0.25, -0.2) is 9.97 Å². The Bertz CT molecular complexity index is 1160. The summed E-state index contributed by atoms with van der Waals surface area (Å²) < 4.78 is 6.96. The Hall–Kier alpha value is -3.61. The molecule has 1 saturated heterocycles. The molecule has 0 aliphatic carbocycles. The van der Waals surface area contributed by atoms with Crippen LogP contribution >= 0.6 is 0 Å². The van der Waals surface area contributed by atoms with Gasteiger partial charge in [0.15, 0.2) is 0 Å². The first-order valence-corrected chi connectivity index (χ1v) is 9.71. The van der Waals surface area contributed by atoms with Gasteiger partial charge in [-0.15, -0.1) is 0 Å². The van der Waals surface area contributed by atoms with Crippen molar-refractivity contribution in [2.24, 2.45) is 0 Å². The summed E-state index contributed by atoms with van der Waals surface area (Å²) >= 11 is 0. The molecule has 0 atom stereocenters. The third-order valence-corrected chi connectivity index (χ3v) is 5.30. The van der Waals surface area contributed by atoms with Gasteiger partial charge in [0.2, 0.25) is 5.95 Å². The van der Waals surface area contributed by atoms with Crippen molar-refractivity contribution in [3.63, 3.8) is 0 Å². The molecule has 1 aliphatic rings. The molecule has 5 rings (SSSR count). The van der Waals surface area contributed by atoms with Crippen LogP contribution in [0.4, 0.5) is 11.6 Å². The van der Waals surface area contributed by atoms with Crippen molar-refractivity contribution in [3.8, 4) is 0 Å². The number of hydrogen-bond acceptors (Lipinski definition) is 6. The molecule has 0 N–H and O–H groups in total. The average molecular weight is 387 g/mol. The van der Waals surface area contributed by atoms with Crippen molar-refractivity contribution in [3.05, 3.63) is 83.3 Å². The smallest absolute Gasteiger partial charge is 0.261 e. The average Bonchev–Trinajstić information content (AvgIpc) is 3.29. The minimum Gasteiger partial charge on any atom is -0.467 e. The first-order valence-electron chi connectivity index (χ1n) is 9.71. The predicted molar refractivity (Wildman–Crippen MR) is 112 cm³/mol. The Balaban J connectivity index is 1.35. The van der Waals surface area contributed by atoms with Gasteiger partial charge in [0, 0.05) is 44.3 Å². The molecule has 4 aromatic rings. The molecule has 0 spiro atoms. The number of para-hydroxylation sites is 1. The van der Waals surface area contributed by atoms with Gasteiger partial charge >= 0.3 is 0 Å². The van der Waals surface area contributed by atoms with Gasteiger partial charge in [0.05, 0.1) is 23.7 Å². The van der Waals surface area contributed by atoms with E-state index in [0.717, 1.165) is 31.9 Å². The molecule has 146 valence electrons. The van der Waals surface area contributed by atoms with E-state index in [1.165, 1.54) is 5.69 Å². The highest BCUT2D eigenvalue weighted by molar-refractivity contribution is 5.77. The van der Waals surface area contributed by atoms with Crippen LogP contribution in [-0.2, 0) is 6.54 Å². The molecular formula is C22H21N5O2. The van der Waals surface area contributed by atoms with Crippen LogP contribution in [0.1, 0.15) is 5.76 Å². The molecule has 0 radical (unpaired) electrons. The Kier molecular flexibility index (Phi) is 4.48. The maximum atomic E-state index is 12.8. The van der Waals surface area contributed by atoms with E-state index >= 15 is 0 Å². The molecule has 0 unspecified atom stereocenters. The lowest BCUT2D eigenvalue weighted by Crippen LogP contribution is -2.47. The van der Waals surface area contributed by atoms with Crippen LogP contribution in [0.25, 0.3) is 10.9 Å². The molecule has 1 aromatic carbocycles. The zero-order chi connectivity index (χ0) is 19.6. The number of pyridine rings is 1. The summed E-state index contributed by atoms with van der Waals surface area (Å²) in [6.07, 6.45) is 5.01. The number of fused-ring (bicyclic) bond motifs is 1. The summed E-state index contributed by atoms with van der Waals surface area (Å²) in [5.74, 6) is 1.41. The number of rotatable bonds is 4. The van der Waals surface area contributed by atoms with Crippen LogP contribution in [0.15, 0.2) is 76.4 Å². The number of hydrogen-bond donors (Lipinski definition) is 0. The molecule has 0 saturated carbocycles. The van der Waals surface area contributed by atoms with Crippen molar-refractivity contribution < 1.29 is 4.42 Å². The lowest BCUT2D eigenvalue weighted by Gasteiger charge is -2.36. The molecule has 29 heavy (non-hydrogen) atoms. The van der Waals surface area contributed by atoms with Crippen molar-refractivity contribution in [2.45, 2.75) is 6.54 Å². The Labute approximate surface area is 167 Å². The Morgan fingerprint density at radius 2 is 1.72 bits per heavy atom. The molecule has 4 heterocycles.